The summed E-state index contributed by atoms with van der Waals surface area (Å²) in [5, 5.41) is 4.30. The Labute approximate surface area is 233 Å². The largest absolute Gasteiger partial charge is 0.384 e. The topological polar surface area (TPSA) is 49.4 Å². The zero-order valence-electron chi connectivity index (χ0n) is 19.1. The van der Waals surface area contributed by atoms with Gasteiger partial charge in [-0.15, -0.1) is 0 Å². The summed E-state index contributed by atoms with van der Waals surface area (Å²) in [4.78, 5) is 26.7. The fraction of sp³-hybridized carbons (Fsp3) is 0.231. The minimum absolute atomic E-state index is 0.0837. The van der Waals surface area contributed by atoms with Gasteiger partial charge in [-0.2, -0.15) is 0 Å². The Hall–Kier alpha value is -2.02. The van der Waals surface area contributed by atoms with E-state index in [-0.39, 0.29) is 17.1 Å². The number of nitrogens with zero attached hydrogens (tertiary/aromatic N) is 1. The van der Waals surface area contributed by atoms with Gasteiger partial charge in [0.05, 0.1) is 16.0 Å². The summed E-state index contributed by atoms with van der Waals surface area (Å²) in [5.41, 5.74) is 1.47. The van der Waals surface area contributed by atoms with Gasteiger partial charge in [-0.3, -0.25) is 4.79 Å². The second-order valence-corrected chi connectivity index (χ2v) is 11.3. The van der Waals surface area contributed by atoms with E-state index < -0.39 is 27.4 Å². The summed E-state index contributed by atoms with van der Waals surface area (Å²) in [5.74, 6) is -1.35. The zero-order valence-corrected chi connectivity index (χ0v) is 22.9. The van der Waals surface area contributed by atoms with Gasteiger partial charge in [0, 0.05) is 40.9 Å². The zero-order chi connectivity index (χ0) is 26.4. The SMILES string of the molecule is Cc1c(Cl)cc(C2C(Cl)(Cl)C2(C=O)CNc2ccc(Cl)c(C(=O)N(C)c3ccc(F)cc3)c2)cc1Cl. The van der Waals surface area contributed by atoms with Crippen LogP contribution in [-0.2, 0) is 4.79 Å². The summed E-state index contributed by atoms with van der Waals surface area (Å²) in [6.45, 7) is 1.87. The molecule has 0 radical (unpaired) electrons. The molecule has 0 aromatic heterocycles. The standard InChI is InChI=1S/C26H20Cl5FN2O2/c1-14-21(28)9-15(10-22(14)29)23-25(13-35,26(23,30)31)12-33-17-5-8-20(27)19(11-17)24(36)34(2)18-6-3-16(32)4-7-18/h3-11,13,23,33H,12H2,1-2H3. The molecule has 0 aliphatic heterocycles. The van der Waals surface area contributed by atoms with Crippen molar-refractivity contribution in [3.8, 4) is 0 Å². The Kier molecular flexibility index (Phi) is 7.53. The smallest absolute Gasteiger partial charge is 0.259 e. The van der Waals surface area contributed by atoms with Gasteiger partial charge in [0.15, 0.2) is 0 Å². The number of carbonyl (C=O) groups excluding carboxylic acids is 2. The lowest BCUT2D eigenvalue weighted by Gasteiger charge is -2.19. The Morgan fingerprint density at radius 2 is 1.64 bits per heavy atom. The molecule has 2 atom stereocenters. The number of alkyl halides is 2. The summed E-state index contributed by atoms with van der Waals surface area (Å²) in [7, 11) is 1.56. The van der Waals surface area contributed by atoms with Crippen LogP contribution in [0.25, 0.3) is 0 Å². The third-order valence-electron chi connectivity index (χ3n) is 6.56. The first-order chi connectivity index (χ1) is 16.9. The number of hydrogen-bond acceptors (Lipinski definition) is 3. The molecule has 0 spiro atoms. The highest BCUT2D eigenvalue weighted by molar-refractivity contribution is 6.54. The Bertz CT molecular complexity index is 1330. The molecule has 4 nitrogen and oxygen atoms in total. The molecule has 1 fully saturated rings. The maximum Gasteiger partial charge on any atom is 0.259 e. The number of amides is 1. The molecule has 1 aliphatic rings. The first kappa shape index (κ1) is 27.0. The van der Waals surface area contributed by atoms with E-state index in [1.165, 1.54) is 29.2 Å². The van der Waals surface area contributed by atoms with Crippen molar-refractivity contribution in [2.45, 2.75) is 17.2 Å². The van der Waals surface area contributed by atoms with E-state index in [0.29, 0.717) is 27.0 Å². The van der Waals surface area contributed by atoms with Crippen LogP contribution in [0.4, 0.5) is 15.8 Å². The van der Waals surface area contributed by atoms with Crippen LogP contribution in [0, 0.1) is 18.2 Å². The summed E-state index contributed by atoms with van der Waals surface area (Å²) in [6.07, 6.45) is 0.733. The van der Waals surface area contributed by atoms with E-state index in [2.05, 4.69) is 5.32 Å². The highest BCUT2D eigenvalue weighted by Crippen LogP contribution is 2.73. The average molecular weight is 589 g/mol. The minimum Gasteiger partial charge on any atom is -0.384 e. The van der Waals surface area contributed by atoms with Gasteiger partial charge in [-0.25, -0.2) is 4.39 Å². The van der Waals surface area contributed by atoms with Crippen LogP contribution in [0.2, 0.25) is 15.1 Å². The predicted molar refractivity (Wildman–Crippen MR) is 146 cm³/mol. The second kappa shape index (κ2) is 10.0. The molecular formula is C26H20Cl5FN2O2. The van der Waals surface area contributed by atoms with E-state index in [1.54, 1.807) is 44.3 Å². The maximum absolute atomic E-state index is 13.3. The Balaban J connectivity index is 1.57. The highest BCUT2D eigenvalue weighted by atomic mass is 35.5. The maximum atomic E-state index is 13.3. The quantitative estimate of drug-likeness (QED) is 0.225. The van der Waals surface area contributed by atoms with Crippen molar-refractivity contribution in [2.24, 2.45) is 5.41 Å². The number of anilines is 2. The number of rotatable bonds is 7. The summed E-state index contributed by atoms with van der Waals surface area (Å²) < 4.78 is 11.9. The van der Waals surface area contributed by atoms with Gasteiger partial charge in [-0.1, -0.05) is 58.0 Å². The monoisotopic (exact) mass is 586 g/mol. The molecule has 0 bridgehead atoms. The van der Waals surface area contributed by atoms with Crippen molar-refractivity contribution < 1.29 is 14.0 Å². The van der Waals surface area contributed by atoms with Crippen molar-refractivity contribution in [3.05, 3.63) is 92.2 Å². The summed E-state index contributed by atoms with van der Waals surface area (Å²) >= 11 is 32.1. The van der Waals surface area contributed by atoms with E-state index in [1.807, 2.05) is 0 Å². The minimum atomic E-state index is -1.39. The molecule has 10 heteroatoms. The number of hydrogen-bond donors (Lipinski definition) is 1. The lowest BCUT2D eigenvalue weighted by molar-refractivity contribution is -0.112. The first-order valence-corrected chi connectivity index (χ1v) is 12.7. The fourth-order valence-electron chi connectivity index (χ4n) is 4.23. The molecule has 4 rings (SSSR count). The van der Waals surface area contributed by atoms with Crippen LogP contribution >= 0.6 is 58.0 Å². The molecule has 1 aliphatic carbocycles. The van der Waals surface area contributed by atoms with Gasteiger partial charge in [0.2, 0.25) is 0 Å². The molecule has 3 aromatic carbocycles. The second-order valence-electron chi connectivity index (χ2n) is 8.71. The Morgan fingerprint density at radius 1 is 1.03 bits per heavy atom. The van der Waals surface area contributed by atoms with E-state index in [0.717, 1.165) is 11.8 Å². The predicted octanol–water partition coefficient (Wildman–Crippen LogP) is 7.94. The molecule has 1 N–H and O–H groups in total. The van der Waals surface area contributed by atoms with Gasteiger partial charge < -0.3 is 15.0 Å². The van der Waals surface area contributed by atoms with Gasteiger partial charge in [0.25, 0.3) is 5.91 Å². The highest BCUT2D eigenvalue weighted by Gasteiger charge is 2.76. The van der Waals surface area contributed by atoms with Crippen molar-refractivity contribution >= 4 is 81.6 Å². The number of halogens is 6. The van der Waals surface area contributed by atoms with E-state index in [4.69, 9.17) is 58.0 Å². The van der Waals surface area contributed by atoms with Crippen molar-refractivity contribution in [3.63, 3.8) is 0 Å². The van der Waals surface area contributed by atoms with Crippen molar-refractivity contribution in [1.82, 2.24) is 0 Å². The molecule has 1 saturated carbocycles. The fourth-order valence-corrected chi connectivity index (χ4v) is 5.91. The molecule has 1 amide bonds. The number of nitrogens with one attached hydrogen (secondary N) is 1. The average Bonchev–Trinajstić information content (AvgIpc) is 3.35. The number of carbonyl (C=O) groups is 2. The van der Waals surface area contributed by atoms with Crippen LogP contribution in [0.1, 0.15) is 27.4 Å². The van der Waals surface area contributed by atoms with Crippen molar-refractivity contribution in [1.29, 1.82) is 0 Å². The molecule has 0 heterocycles. The van der Waals surface area contributed by atoms with Crippen molar-refractivity contribution in [2.75, 3.05) is 23.8 Å². The van der Waals surface area contributed by atoms with Crippen LogP contribution in [0.3, 0.4) is 0 Å². The molecule has 3 aromatic rings. The molecule has 188 valence electrons. The number of benzene rings is 3. The number of aldehydes is 1. The first-order valence-electron chi connectivity index (χ1n) is 10.8. The lowest BCUT2D eigenvalue weighted by atomic mass is 9.99. The van der Waals surface area contributed by atoms with Crippen LogP contribution in [0.15, 0.2) is 54.6 Å². The van der Waals surface area contributed by atoms with E-state index >= 15 is 0 Å². The Morgan fingerprint density at radius 3 is 2.22 bits per heavy atom. The van der Waals surface area contributed by atoms with E-state index in [9.17, 15) is 14.0 Å². The third-order valence-corrected chi connectivity index (χ3v) is 8.82. The molecular weight excluding hydrogens is 569 g/mol. The molecule has 36 heavy (non-hydrogen) atoms. The van der Waals surface area contributed by atoms with Crippen LogP contribution in [-0.4, -0.2) is 30.1 Å². The normalized spacial score (nSPS) is 20.1. The lowest BCUT2D eigenvalue weighted by Crippen LogP contribution is -2.27. The third kappa shape index (κ3) is 4.68. The van der Waals surface area contributed by atoms with Gasteiger partial charge >= 0.3 is 0 Å². The van der Waals surface area contributed by atoms with Gasteiger partial charge in [-0.05, 0) is 72.6 Å². The van der Waals surface area contributed by atoms with Crippen LogP contribution < -0.4 is 10.2 Å². The summed E-state index contributed by atoms with van der Waals surface area (Å²) in [6, 6.07) is 13.8. The van der Waals surface area contributed by atoms with Gasteiger partial charge in [0.1, 0.15) is 16.4 Å². The molecule has 0 saturated heterocycles. The van der Waals surface area contributed by atoms with Crippen LogP contribution in [0.5, 0.6) is 0 Å². The molecule has 2 unspecified atom stereocenters.